The molecule has 100 valence electrons. The third-order valence-electron chi connectivity index (χ3n) is 2.93. The van der Waals surface area contributed by atoms with Crippen molar-refractivity contribution < 1.29 is 4.79 Å². The van der Waals surface area contributed by atoms with E-state index in [1.54, 1.807) is 10.7 Å². The van der Waals surface area contributed by atoms with Crippen LogP contribution in [0.1, 0.15) is 21.7 Å². The summed E-state index contributed by atoms with van der Waals surface area (Å²) in [5.41, 5.74) is 2.51. The van der Waals surface area contributed by atoms with Crippen LogP contribution >= 0.6 is 11.6 Å². The minimum atomic E-state index is -0.147. The molecule has 0 aliphatic rings. The molecule has 1 aromatic carbocycles. The van der Waals surface area contributed by atoms with Crippen LogP contribution in [0.15, 0.2) is 30.3 Å². The lowest BCUT2D eigenvalue weighted by molar-refractivity contribution is 0.0948. The Labute approximate surface area is 117 Å². The first-order valence-corrected chi connectivity index (χ1v) is 6.47. The maximum absolute atomic E-state index is 11.9. The SMILES string of the molecule is Cc1cc(C(=O)NCCc2cccc(Cl)c2)nn1C. The molecule has 0 aliphatic heterocycles. The number of amides is 1. The highest BCUT2D eigenvalue weighted by Crippen LogP contribution is 2.10. The molecule has 0 aliphatic carbocycles. The van der Waals surface area contributed by atoms with Crippen molar-refractivity contribution in [1.82, 2.24) is 15.1 Å². The van der Waals surface area contributed by atoms with Gasteiger partial charge in [0.1, 0.15) is 5.69 Å². The third-order valence-corrected chi connectivity index (χ3v) is 3.17. The van der Waals surface area contributed by atoms with Crippen LogP contribution in [0.4, 0.5) is 0 Å². The lowest BCUT2D eigenvalue weighted by Gasteiger charge is -2.04. The van der Waals surface area contributed by atoms with Gasteiger partial charge >= 0.3 is 0 Å². The Balaban J connectivity index is 1.87. The summed E-state index contributed by atoms with van der Waals surface area (Å²) >= 11 is 5.90. The molecule has 0 atom stereocenters. The summed E-state index contributed by atoms with van der Waals surface area (Å²) in [6, 6.07) is 9.40. The average molecular weight is 278 g/mol. The number of carbonyl (C=O) groups excluding carboxylic acids is 1. The minimum absolute atomic E-state index is 0.147. The maximum atomic E-state index is 11.9. The van der Waals surface area contributed by atoms with E-state index in [9.17, 15) is 4.79 Å². The predicted molar refractivity (Wildman–Crippen MR) is 75.4 cm³/mol. The van der Waals surface area contributed by atoms with Gasteiger partial charge in [0.2, 0.25) is 0 Å². The van der Waals surface area contributed by atoms with E-state index in [0.717, 1.165) is 17.7 Å². The zero-order valence-electron chi connectivity index (χ0n) is 11.0. The normalized spacial score (nSPS) is 10.5. The van der Waals surface area contributed by atoms with Gasteiger partial charge in [-0.3, -0.25) is 9.48 Å². The number of rotatable bonds is 4. The lowest BCUT2D eigenvalue weighted by Crippen LogP contribution is -2.26. The van der Waals surface area contributed by atoms with E-state index < -0.39 is 0 Å². The van der Waals surface area contributed by atoms with Crippen molar-refractivity contribution in [2.75, 3.05) is 6.54 Å². The van der Waals surface area contributed by atoms with Gasteiger partial charge in [0.15, 0.2) is 0 Å². The van der Waals surface area contributed by atoms with Crippen LogP contribution in [0.2, 0.25) is 5.02 Å². The van der Waals surface area contributed by atoms with Crippen LogP contribution in [0, 0.1) is 6.92 Å². The zero-order chi connectivity index (χ0) is 13.8. The number of halogens is 1. The van der Waals surface area contributed by atoms with Crippen LogP contribution in [-0.4, -0.2) is 22.2 Å². The molecule has 1 aromatic heterocycles. The number of hydrogen-bond donors (Lipinski definition) is 1. The molecule has 0 saturated carbocycles. The van der Waals surface area contributed by atoms with Crippen LogP contribution < -0.4 is 5.32 Å². The van der Waals surface area contributed by atoms with Crippen molar-refractivity contribution in [1.29, 1.82) is 0 Å². The van der Waals surface area contributed by atoms with E-state index in [0.29, 0.717) is 17.3 Å². The summed E-state index contributed by atoms with van der Waals surface area (Å²) in [6.45, 7) is 2.48. The lowest BCUT2D eigenvalue weighted by atomic mass is 10.1. The molecule has 0 unspecified atom stereocenters. The molecule has 0 spiro atoms. The number of aromatic nitrogens is 2. The van der Waals surface area contributed by atoms with Crippen molar-refractivity contribution in [3.05, 3.63) is 52.3 Å². The Hall–Kier alpha value is -1.81. The number of aryl methyl sites for hydroxylation is 2. The summed E-state index contributed by atoms with van der Waals surface area (Å²) in [5.74, 6) is -0.147. The quantitative estimate of drug-likeness (QED) is 0.932. The van der Waals surface area contributed by atoms with Crippen molar-refractivity contribution in [3.8, 4) is 0 Å². The Morgan fingerprint density at radius 2 is 2.21 bits per heavy atom. The molecule has 19 heavy (non-hydrogen) atoms. The first kappa shape index (κ1) is 13.6. The Kier molecular flexibility index (Phi) is 4.22. The molecular weight excluding hydrogens is 262 g/mol. The van der Waals surface area contributed by atoms with E-state index in [1.807, 2.05) is 38.2 Å². The fourth-order valence-corrected chi connectivity index (χ4v) is 1.99. The smallest absolute Gasteiger partial charge is 0.271 e. The second kappa shape index (κ2) is 5.89. The molecule has 1 N–H and O–H groups in total. The van der Waals surface area contributed by atoms with Gasteiger partial charge in [-0.2, -0.15) is 5.10 Å². The van der Waals surface area contributed by atoms with Crippen molar-refractivity contribution in [2.24, 2.45) is 7.05 Å². The van der Waals surface area contributed by atoms with E-state index in [2.05, 4.69) is 10.4 Å². The third kappa shape index (κ3) is 3.58. The maximum Gasteiger partial charge on any atom is 0.271 e. The molecule has 1 heterocycles. The van der Waals surface area contributed by atoms with Crippen molar-refractivity contribution in [3.63, 3.8) is 0 Å². The second-order valence-corrected chi connectivity index (χ2v) is 4.87. The van der Waals surface area contributed by atoms with Crippen LogP contribution in [0.3, 0.4) is 0 Å². The Morgan fingerprint density at radius 3 is 2.84 bits per heavy atom. The molecule has 2 aromatic rings. The fourth-order valence-electron chi connectivity index (χ4n) is 1.77. The monoisotopic (exact) mass is 277 g/mol. The summed E-state index contributed by atoms with van der Waals surface area (Å²) in [5, 5.41) is 7.70. The van der Waals surface area contributed by atoms with Gasteiger partial charge in [-0.15, -0.1) is 0 Å². The average Bonchev–Trinajstić information content (AvgIpc) is 2.70. The number of nitrogens with zero attached hydrogens (tertiary/aromatic N) is 2. The molecule has 2 rings (SSSR count). The molecule has 4 nitrogen and oxygen atoms in total. The molecule has 1 amide bonds. The molecule has 5 heteroatoms. The molecular formula is C14H16ClN3O. The van der Waals surface area contributed by atoms with Gasteiger partial charge in [-0.1, -0.05) is 23.7 Å². The van der Waals surface area contributed by atoms with Gasteiger partial charge in [-0.25, -0.2) is 0 Å². The summed E-state index contributed by atoms with van der Waals surface area (Å²) < 4.78 is 1.69. The highest BCUT2D eigenvalue weighted by Gasteiger charge is 2.09. The minimum Gasteiger partial charge on any atom is -0.350 e. The largest absolute Gasteiger partial charge is 0.350 e. The molecule has 0 radical (unpaired) electrons. The second-order valence-electron chi connectivity index (χ2n) is 4.43. The topological polar surface area (TPSA) is 46.9 Å². The van der Waals surface area contributed by atoms with Gasteiger partial charge in [0.05, 0.1) is 0 Å². The summed E-state index contributed by atoms with van der Waals surface area (Å²) in [6.07, 6.45) is 0.748. The summed E-state index contributed by atoms with van der Waals surface area (Å²) in [7, 11) is 1.82. The molecule has 0 saturated heterocycles. The van der Waals surface area contributed by atoms with Gasteiger partial charge in [0, 0.05) is 24.3 Å². The summed E-state index contributed by atoms with van der Waals surface area (Å²) in [4.78, 5) is 11.9. The Bertz CT molecular complexity index is 573. The molecule has 0 bridgehead atoms. The number of benzene rings is 1. The zero-order valence-corrected chi connectivity index (χ0v) is 11.7. The van der Waals surface area contributed by atoms with Crippen molar-refractivity contribution in [2.45, 2.75) is 13.3 Å². The first-order valence-electron chi connectivity index (χ1n) is 6.09. The van der Waals surface area contributed by atoms with Gasteiger partial charge in [0.25, 0.3) is 5.91 Å². The number of hydrogen-bond acceptors (Lipinski definition) is 2. The predicted octanol–water partition coefficient (Wildman–Crippen LogP) is 2.35. The van der Waals surface area contributed by atoms with E-state index in [1.165, 1.54) is 0 Å². The van der Waals surface area contributed by atoms with Gasteiger partial charge in [-0.05, 0) is 37.1 Å². The molecule has 0 fully saturated rings. The highest BCUT2D eigenvalue weighted by molar-refractivity contribution is 6.30. The van der Waals surface area contributed by atoms with Crippen LogP contribution in [0.25, 0.3) is 0 Å². The van der Waals surface area contributed by atoms with E-state index >= 15 is 0 Å². The van der Waals surface area contributed by atoms with E-state index in [4.69, 9.17) is 11.6 Å². The highest BCUT2D eigenvalue weighted by atomic mass is 35.5. The number of carbonyl (C=O) groups is 1. The standard InChI is InChI=1S/C14H16ClN3O/c1-10-8-13(17-18(10)2)14(19)16-7-6-11-4-3-5-12(15)9-11/h3-5,8-9H,6-7H2,1-2H3,(H,16,19). The van der Waals surface area contributed by atoms with Crippen molar-refractivity contribution >= 4 is 17.5 Å². The fraction of sp³-hybridized carbons (Fsp3) is 0.286. The van der Waals surface area contributed by atoms with Gasteiger partial charge < -0.3 is 5.32 Å². The Morgan fingerprint density at radius 1 is 1.42 bits per heavy atom. The van der Waals surface area contributed by atoms with Crippen LogP contribution in [-0.2, 0) is 13.5 Å². The number of nitrogens with one attached hydrogen (secondary N) is 1. The van der Waals surface area contributed by atoms with Crippen LogP contribution in [0.5, 0.6) is 0 Å². The first-order chi connectivity index (χ1) is 9.06. The van der Waals surface area contributed by atoms with E-state index in [-0.39, 0.29) is 5.91 Å².